The molecule has 1 saturated heterocycles. The molecule has 0 saturated carbocycles. The molecular weight excluding hydrogens is 438 g/mol. The second kappa shape index (κ2) is 10.1. The average Bonchev–Trinajstić information content (AvgIpc) is 2.86. The molecule has 0 spiro atoms. The van der Waals surface area contributed by atoms with E-state index in [-0.39, 0.29) is 49.0 Å². The Labute approximate surface area is 198 Å². The van der Waals surface area contributed by atoms with Crippen molar-refractivity contribution < 1.29 is 28.6 Å². The first-order valence-electron chi connectivity index (χ1n) is 11.2. The highest BCUT2D eigenvalue weighted by molar-refractivity contribution is 6.05. The predicted molar refractivity (Wildman–Crippen MR) is 125 cm³/mol. The van der Waals surface area contributed by atoms with E-state index in [2.05, 4.69) is 10.6 Å². The first-order chi connectivity index (χ1) is 16.4. The second-order valence-corrected chi connectivity index (χ2v) is 8.44. The summed E-state index contributed by atoms with van der Waals surface area (Å²) in [6, 6.07) is 11.7. The third kappa shape index (κ3) is 4.99. The van der Waals surface area contributed by atoms with Crippen LogP contribution in [0.5, 0.6) is 11.5 Å². The minimum atomic E-state index is -0.335. The van der Waals surface area contributed by atoms with E-state index < -0.39 is 0 Å². The molecule has 0 radical (unpaired) electrons. The maximum Gasteiger partial charge on any atom is 0.257 e. The summed E-state index contributed by atoms with van der Waals surface area (Å²) < 4.78 is 17.3. The summed E-state index contributed by atoms with van der Waals surface area (Å²) >= 11 is 0. The average molecular weight is 468 g/mol. The Bertz CT molecular complexity index is 1090. The molecule has 2 aliphatic rings. The topological polar surface area (TPSA) is 106 Å². The van der Waals surface area contributed by atoms with E-state index in [0.29, 0.717) is 41.2 Å². The van der Waals surface area contributed by atoms with Crippen molar-refractivity contribution in [2.24, 2.45) is 0 Å². The van der Waals surface area contributed by atoms with E-state index in [1.165, 1.54) is 7.11 Å². The smallest absolute Gasteiger partial charge is 0.257 e. The van der Waals surface area contributed by atoms with Gasteiger partial charge in [0.05, 0.1) is 31.2 Å². The summed E-state index contributed by atoms with van der Waals surface area (Å²) in [5.74, 6) is 0.405. The van der Waals surface area contributed by atoms with Gasteiger partial charge in [-0.15, -0.1) is 0 Å². The summed E-state index contributed by atoms with van der Waals surface area (Å²) in [5, 5.41) is 5.45. The molecule has 2 N–H and O–H groups in total. The summed E-state index contributed by atoms with van der Waals surface area (Å²) in [5.41, 5.74) is 1.30. The van der Waals surface area contributed by atoms with Gasteiger partial charge < -0.3 is 29.7 Å². The maximum absolute atomic E-state index is 13.3. The van der Waals surface area contributed by atoms with Gasteiger partial charge in [-0.3, -0.25) is 14.4 Å². The van der Waals surface area contributed by atoms with Crippen LogP contribution in [0.2, 0.25) is 0 Å². The van der Waals surface area contributed by atoms with Gasteiger partial charge in [0.2, 0.25) is 5.91 Å². The highest BCUT2D eigenvalue weighted by atomic mass is 16.5. The molecule has 180 valence electrons. The van der Waals surface area contributed by atoms with E-state index in [9.17, 15) is 14.4 Å². The molecular formula is C25H29N3O6. The van der Waals surface area contributed by atoms with E-state index in [1.54, 1.807) is 61.5 Å². The fraction of sp³-hybridized carbons (Fsp3) is 0.400. The maximum atomic E-state index is 13.3. The van der Waals surface area contributed by atoms with Crippen LogP contribution in [0.4, 0.5) is 5.69 Å². The van der Waals surface area contributed by atoms with E-state index in [1.807, 2.05) is 0 Å². The van der Waals surface area contributed by atoms with Gasteiger partial charge in [-0.05, 0) is 49.2 Å². The number of ether oxygens (including phenoxy) is 3. The van der Waals surface area contributed by atoms with Gasteiger partial charge >= 0.3 is 0 Å². The zero-order valence-electron chi connectivity index (χ0n) is 19.5. The number of hydrogen-bond acceptors (Lipinski definition) is 6. The van der Waals surface area contributed by atoms with Crippen LogP contribution in [-0.4, -0.2) is 68.7 Å². The molecule has 1 fully saturated rings. The molecule has 0 unspecified atom stereocenters. The summed E-state index contributed by atoms with van der Waals surface area (Å²) in [4.78, 5) is 39.5. The molecule has 34 heavy (non-hydrogen) atoms. The minimum absolute atomic E-state index is 0.0755. The monoisotopic (exact) mass is 467 g/mol. The number of likely N-dealkylation sites (N-methyl/N-ethyl adjacent to an activating group) is 1. The van der Waals surface area contributed by atoms with Crippen LogP contribution in [-0.2, 0) is 9.53 Å². The SMILES string of the molecule is CNC(=O)C[C@@H]1CC[C@@H]2[C@H](COc3ccc(NC(=O)c4cccc(OC)c4)cc3C(=O)N2C)O1. The number of benzene rings is 2. The van der Waals surface area contributed by atoms with Crippen molar-refractivity contribution in [3.05, 3.63) is 53.6 Å². The molecule has 9 nitrogen and oxygen atoms in total. The molecule has 0 aliphatic carbocycles. The summed E-state index contributed by atoms with van der Waals surface area (Å²) in [6.07, 6.45) is 1.12. The van der Waals surface area contributed by atoms with Gasteiger partial charge in [0.25, 0.3) is 11.8 Å². The van der Waals surface area contributed by atoms with Crippen LogP contribution in [0.3, 0.4) is 0 Å². The lowest BCUT2D eigenvalue weighted by atomic mass is 9.94. The van der Waals surface area contributed by atoms with Crippen LogP contribution in [0.15, 0.2) is 42.5 Å². The Balaban J connectivity index is 1.51. The van der Waals surface area contributed by atoms with Gasteiger partial charge in [0.1, 0.15) is 24.2 Å². The number of amides is 3. The van der Waals surface area contributed by atoms with Crippen molar-refractivity contribution in [3.8, 4) is 11.5 Å². The van der Waals surface area contributed by atoms with Crippen LogP contribution < -0.4 is 20.1 Å². The lowest BCUT2D eigenvalue weighted by Gasteiger charge is -2.42. The zero-order chi connectivity index (χ0) is 24.2. The molecule has 9 heteroatoms. The van der Waals surface area contributed by atoms with Crippen LogP contribution in [0, 0.1) is 0 Å². The number of methoxy groups -OCH3 is 1. The Kier molecular flexibility index (Phi) is 7.02. The number of carbonyl (C=O) groups is 3. The van der Waals surface area contributed by atoms with Crippen LogP contribution in [0.1, 0.15) is 40.0 Å². The number of nitrogens with one attached hydrogen (secondary N) is 2. The Morgan fingerprint density at radius 2 is 2.00 bits per heavy atom. The van der Waals surface area contributed by atoms with Gasteiger partial charge in [-0.1, -0.05) is 6.07 Å². The molecule has 0 aromatic heterocycles. The number of hydrogen-bond donors (Lipinski definition) is 2. The number of rotatable bonds is 5. The van der Waals surface area contributed by atoms with Crippen molar-refractivity contribution in [2.75, 3.05) is 33.1 Å². The van der Waals surface area contributed by atoms with E-state index in [4.69, 9.17) is 14.2 Å². The molecule has 2 heterocycles. The molecule has 2 aromatic rings. The van der Waals surface area contributed by atoms with Crippen molar-refractivity contribution in [1.29, 1.82) is 0 Å². The van der Waals surface area contributed by atoms with Gasteiger partial charge in [-0.25, -0.2) is 0 Å². The molecule has 3 atom stereocenters. The predicted octanol–water partition coefficient (Wildman–Crippen LogP) is 2.46. The summed E-state index contributed by atoms with van der Waals surface area (Å²) in [7, 11) is 4.89. The van der Waals surface area contributed by atoms with E-state index >= 15 is 0 Å². The highest BCUT2D eigenvalue weighted by Gasteiger charge is 2.39. The highest BCUT2D eigenvalue weighted by Crippen LogP contribution is 2.32. The van der Waals surface area contributed by atoms with Crippen molar-refractivity contribution in [1.82, 2.24) is 10.2 Å². The lowest BCUT2D eigenvalue weighted by Crippen LogP contribution is -2.53. The normalized spacial score (nSPS) is 21.8. The minimum Gasteiger partial charge on any atom is -0.497 e. The van der Waals surface area contributed by atoms with Gasteiger partial charge in [0.15, 0.2) is 0 Å². The number of carbonyl (C=O) groups excluding carboxylic acids is 3. The van der Waals surface area contributed by atoms with Gasteiger partial charge in [-0.2, -0.15) is 0 Å². The molecule has 4 rings (SSSR count). The third-order valence-electron chi connectivity index (χ3n) is 6.29. The summed E-state index contributed by atoms with van der Waals surface area (Å²) in [6.45, 7) is 0.259. The van der Waals surface area contributed by atoms with Crippen molar-refractivity contribution in [2.45, 2.75) is 37.5 Å². The number of fused-ring (bicyclic) bond motifs is 2. The molecule has 2 aliphatic heterocycles. The number of anilines is 1. The van der Waals surface area contributed by atoms with Gasteiger partial charge in [0, 0.05) is 25.3 Å². The fourth-order valence-corrected chi connectivity index (χ4v) is 4.38. The third-order valence-corrected chi connectivity index (χ3v) is 6.29. The first kappa shape index (κ1) is 23.6. The van der Waals surface area contributed by atoms with Crippen molar-refractivity contribution >= 4 is 23.4 Å². The van der Waals surface area contributed by atoms with Crippen LogP contribution >= 0.6 is 0 Å². The molecule has 0 bridgehead atoms. The Hall–Kier alpha value is -3.59. The number of nitrogens with zero attached hydrogens (tertiary/aromatic N) is 1. The molecule has 2 aromatic carbocycles. The second-order valence-electron chi connectivity index (χ2n) is 8.44. The molecule has 3 amide bonds. The zero-order valence-corrected chi connectivity index (χ0v) is 19.5. The van der Waals surface area contributed by atoms with E-state index in [0.717, 1.165) is 0 Å². The quantitative estimate of drug-likeness (QED) is 0.700. The standard InChI is InChI=1S/C25H29N3O6/c1-26-23(29)13-18-8-9-20-22(34-18)14-33-21-10-7-16(12-19(21)25(31)28(20)2)27-24(30)15-5-4-6-17(11-15)32-3/h4-7,10-12,18,20,22H,8-9,13-14H2,1-3H3,(H,26,29)(H,27,30)/t18-,20+,22-/m0/s1. The Morgan fingerprint density at radius 3 is 2.76 bits per heavy atom. The fourth-order valence-electron chi connectivity index (χ4n) is 4.38. The lowest BCUT2D eigenvalue weighted by molar-refractivity contribution is -0.133. The largest absolute Gasteiger partial charge is 0.497 e. The first-order valence-corrected chi connectivity index (χ1v) is 11.2. The van der Waals surface area contributed by atoms with Crippen molar-refractivity contribution in [3.63, 3.8) is 0 Å². The Morgan fingerprint density at radius 1 is 1.18 bits per heavy atom. The van der Waals surface area contributed by atoms with Crippen LogP contribution in [0.25, 0.3) is 0 Å².